The molecule has 2 aromatic heterocycles. The summed E-state index contributed by atoms with van der Waals surface area (Å²) < 4.78 is 16.5. The zero-order valence-corrected chi connectivity index (χ0v) is 16.5. The number of thiazole rings is 1. The summed E-state index contributed by atoms with van der Waals surface area (Å²) in [7, 11) is 0. The van der Waals surface area contributed by atoms with Crippen LogP contribution in [0, 0.1) is 0 Å². The highest BCUT2D eigenvalue weighted by Crippen LogP contribution is 2.35. The van der Waals surface area contributed by atoms with E-state index in [1.807, 2.05) is 23.6 Å². The Morgan fingerprint density at radius 1 is 1.13 bits per heavy atom. The van der Waals surface area contributed by atoms with Crippen LogP contribution in [0.3, 0.4) is 0 Å². The van der Waals surface area contributed by atoms with Crippen LogP contribution in [0.25, 0.3) is 11.3 Å². The van der Waals surface area contributed by atoms with Crippen LogP contribution in [0.2, 0.25) is 0 Å². The Morgan fingerprint density at radius 3 is 2.90 bits per heavy atom. The maximum Gasteiger partial charge on any atom is 0.266 e. The first-order chi connectivity index (χ1) is 14.7. The summed E-state index contributed by atoms with van der Waals surface area (Å²) in [6.07, 6.45) is 1.55. The fraction of sp³-hybridized carbons (Fsp3) is 0.200. The van der Waals surface area contributed by atoms with Gasteiger partial charge in [-0.15, -0.1) is 11.3 Å². The molecule has 0 aliphatic carbocycles. The minimum absolute atomic E-state index is 0.127. The molecular weight excluding hydrogens is 408 g/mol. The number of pyridine rings is 1. The number of nitrogens with one attached hydrogen (secondary N) is 1. The fourth-order valence-electron chi connectivity index (χ4n) is 3.16. The molecule has 5 rings (SSSR count). The van der Waals surface area contributed by atoms with Crippen molar-refractivity contribution in [2.45, 2.75) is 0 Å². The van der Waals surface area contributed by atoms with E-state index < -0.39 is 0 Å². The zero-order chi connectivity index (χ0) is 20.5. The van der Waals surface area contributed by atoms with Gasteiger partial charge in [0.1, 0.15) is 19.8 Å². The molecule has 2 aliphatic heterocycles. The molecular formula is C20H16N4O5S. The van der Waals surface area contributed by atoms with E-state index in [1.165, 1.54) is 16.2 Å². The Labute approximate surface area is 175 Å². The number of amides is 2. The van der Waals surface area contributed by atoms with Crippen LogP contribution >= 0.6 is 11.3 Å². The highest BCUT2D eigenvalue weighted by atomic mass is 32.1. The lowest BCUT2D eigenvalue weighted by Crippen LogP contribution is -2.43. The highest BCUT2D eigenvalue weighted by molar-refractivity contribution is 7.14. The second-order valence-electron chi connectivity index (χ2n) is 6.54. The van der Waals surface area contributed by atoms with Crippen LogP contribution < -0.4 is 24.4 Å². The minimum atomic E-state index is -0.370. The van der Waals surface area contributed by atoms with Gasteiger partial charge in [-0.3, -0.25) is 14.5 Å². The van der Waals surface area contributed by atoms with E-state index in [1.54, 1.807) is 18.3 Å². The number of anilines is 2. The van der Waals surface area contributed by atoms with Crippen molar-refractivity contribution in [2.75, 3.05) is 36.6 Å². The van der Waals surface area contributed by atoms with E-state index in [0.717, 1.165) is 5.56 Å². The summed E-state index contributed by atoms with van der Waals surface area (Å²) in [5.41, 5.74) is 1.57. The predicted molar refractivity (Wildman–Crippen MR) is 109 cm³/mol. The second-order valence-corrected chi connectivity index (χ2v) is 7.40. The van der Waals surface area contributed by atoms with Gasteiger partial charge >= 0.3 is 0 Å². The van der Waals surface area contributed by atoms with Gasteiger partial charge in [-0.25, -0.2) is 9.97 Å². The molecule has 10 heteroatoms. The lowest BCUT2D eigenvalue weighted by atomic mass is 10.1. The maximum absolute atomic E-state index is 12.5. The summed E-state index contributed by atoms with van der Waals surface area (Å²) in [6.45, 7) is 0.737. The number of benzene rings is 1. The highest BCUT2D eigenvalue weighted by Gasteiger charge is 2.28. The van der Waals surface area contributed by atoms with Gasteiger partial charge in [0.25, 0.3) is 5.91 Å². The molecule has 0 bridgehead atoms. The summed E-state index contributed by atoms with van der Waals surface area (Å²) in [5, 5.41) is 5.03. The average Bonchev–Trinajstić information content (AvgIpc) is 3.24. The van der Waals surface area contributed by atoms with Gasteiger partial charge < -0.3 is 19.5 Å². The molecule has 0 saturated heterocycles. The van der Waals surface area contributed by atoms with Crippen molar-refractivity contribution in [3.05, 3.63) is 41.9 Å². The Morgan fingerprint density at radius 2 is 2.00 bits per heavy atom. The van der Waals surface area contributed by atoms with E-state index in [9.17, 15) is 9.59 Å². The molecule has 0 fully saturated rings. The molecule has 0 atom stereocenters. The van der Waals surface area contributed by atoms with Crippen LogP contribution in [0.1, 0.15) is 0 Å². The summed E-state index contributed by atoms with van der Waals surface area (Å²) >= 11 is 1.30. The van der Waals surface area contributed by atoms with Crippen molar-refractivity contribution in [1.29, 1.82) is 0 Å². The van der Waals surface area contributed by atoms with E-state index in [4.69, 9.17) is 14.2 Å². The number of ether oxygens (including phenoxy) is 3. The van der Waals surface area contributed by atoms with E-state index in [2.05, 4.69) is 15.3 Å². The Balaban J connectivity index is 1.29. The lowest BCUT2D eigenvalue weighted by molar-refractivity contribution is -0.123. The number of carbonyl (C=O) groups is 2. The first-order valence-electron chi connectivity index (χ1n) is 9.21. The molecule has 2 amide bonds. The van der Waals surface area contributed by atoms with E-state index >= 15 is 0 Å². The number of hydrogen-bond acceptors (Lipinski definition) is 8. The molecule has 9 nitrogen and oxygen atoms in total. The van der Waals surface area contributed by atoms with Gasteiger partial charge in [-0.05, 0) is 30.3 Å². The van der Waals surface area contributed by atoms with Gasteiger partial charge in [-0.1, -0.05) is 0 Å². The number of hydrogen-bond donors (Lipinski definition) is 1. The largest absolute Gasteiger partial charge is 0.486 e. The molecule has 3 aromatic rings. The van der Waals surface area contributed by atoms with Crippen molar-refractivity contribution in [2.24, 2.45) is 0 Å². The third-order valence-electron chi connectivity index (χ3n) is 4.55. The van der Waals surface area contributed by atoms with Gasteiger partial charge in [0.05, 0.1) is 5.69 Å². The zero-order valence-electron chi connectivity index (χ0n) is 15.7. The molecule has 1 aromatic carbocycles. The first-order valence-corrected chi connectivity index (χ1v) is 10.1. The normalized spacial score (nSPS) is 14.7. The Bertz CT molecular complexity index is 1130. The molecule has 0 spiro atoms. The van der Waals surface area contributed by atoms with Crippen LogP contribution in [-0.4, -0.2) is 48.1 Å². The van der Waals surface area contributed by atoms with Gasteiger partial charge in [0, 0.05) is 17.1 Å². The minimum Gasteiger partial charge on any atom is -0.486 e. The molecule has 0 saturated carbocycles. The molecule has 30 heavy (non-hydrogen) atoms. The van der Waals surface area contributed by atoms with Crippen LogP contribution in [0.5, 0.6) is 17.2 Å². The van der Waals surface area contributed by atoms with Crippen molar-refractivity contribution < 1.29 is 23.8 Å². The summed E-state index contributed by atoms with van der Waals surface area (Å²) in [6, 6.07) is 9.02. The van der Waals surface area contributed by atoms with E-state index in [0.29, 0.717) is 47.1 Å². The van der Waals surface area contributed by atoms with Crippen molar-refractivity contribution in [3.63, 3.8) is 0 Å². The monoisotopic (exact) mass is 424 g/mol. The predicted octanol–water partition coefficient (Wildman–Crippen LogP) is 2.34. The SMILES string of the molecule is O=C(CN1C(=O)COc2cccnc21)Nc1nc(-c2ccc3c(c2)OCCO3)cs1. The fourth-order valence-corrected chi connectivity index (χ4v) is 3.90. The second kappa shape index (κ2) is 7.64. The molecule has 0 radical (unpaired) electrons. The van der Waals surface area contributed by atoms with Crippen molar-refractivity contribution in [1.82, 2.24) is 9.97 Å². The van der Waals surface area contributed by atoms with Crippen LogP contribution in [0.15, 0.2) is 41.9 Å². The molecule has 2 aliphatic rings. The van der Waals surface area contributed by atoms with Crippen molar-refractivity contribution in [3.8, 4) is 28.5 Å². The number of carbonyl (C=O) groups excluding carboxylic acids is 2. The van der Waals surface area contributed by atoms with Crippen LogP contribution in [-0.2, 0) is 9.59 Å². The third-order valence-corrected chi connectivity index (χ3v) is 5.31. The third kappa shape index (κ3) is 3.52. The standard InChI is InChI=1S/C20H16N4O5S/c25-17(9-24-18(26)10-29-15-2-1-5-21-19(15)24)23-20-22-13(11-30-20)12-3-4-14-16(8-12)28-7-6-27-14/h1-5,8,11H,6-7,9-10H2,(H,22,23,25). The first kappa shape index (κ1) is 18.4. The smallest absolute Gasteiger partial charge is 0.266 e. The number of rotatable bonds is 4. The van der Waals surface area contributed by atoms with Crippen molar-refractivity contribution >= 4 is 34.1 Å². The van der Waals surface area contributed by atoms with Gasteiger partial charge in [0.2, 0.25) is 5.91 Å². The molecule has 4 heterocycles. The van der Waals surface area contributed by atoms with Crippen LogP contribution in [0.4, 0.5) is 10.9 Å². The number of fused-ring (bicyclic) bond motifs is 2. The van der Waals surface area contributed by atoms with E-state index in [-0.39, 0.29) is 25.0 Å². The summed E-state index contributed by atoms with van der Waals surface area (Å²) in [4.78, 5) is 34.7. The topological polar surface area (TPSA) is 103 Å². The van der Waals surface area contributed by atoms with Gasteiger partial charge in [0.15, 0.2) is 34.8 Å². The average molecular weight is 424 g/mol. The maximum atomic E-state index is 12.5. The van der Waals surface area contributed by atoms with Gasteiger partial charge in [-0.2, -0.15) is 0 Å². The lowest BCUT2D eigenvalue weighted by Gasteiger charge is -2.27. The quantitative estimate of drug-likeness (QED) is 0.686. The summed E-state index contributed by atoms with van der Waals surface area (Å²) in [5.74, 6) is 1.49. The Kier molecular flexibility index (Phi) is 4.68. The Hall–Kier alpha value is -3.66. The number of aromatic nitrogens is 2. The molecule has 0 unspecified atom stereocenters. The number of nitrogens with zero attached hydrogens (tertiary/aromatic N) is 3. The molecule has 1 N–H and O–H groups in total. The molecule has 152 valence electrons.